The van der Waals surface area contributed by atoms with E-state index < -0.39 is 0 Å². The van der Waals surface area contributed by atoms with Gasteiger partial charge in [0.1, 0.15) is 38.5 Å². The summed E-state index contributed by atoms with van der Waals surface area (Å²) < 4.78 is 19.6. The Kier molecular flexibility index (Phi) is 7.14. The second-order valence-corrected chi connectivity index (χ2v) is 16.4. The minimum Gasteiger partial charge on any atom is -0.456 e. The monoisotopic (exact) mass is 785 g/mol. The Morgan fingerprint density at radius 3 is 1.17 bits per heavy atom. The molecule has 13 aromatic rings. The van der Waals surface area contributed by atoms with Crippen molar-refractivity contribution in [2.75, 3.05) is 0 Å². The molecule has 0 fully saturated rings. The molecule has 0 saturated carbocycles. The summed E-state index contributed by atoms with van der Waals surface area (Å²) in [5, 5.41) is 7.70. The first-order valence-electron chi connectivity index (χ1n) is 20.1. The van der Waals surface area contributed by atoms with E-state index in [-0.39, 0.29) is 0 Å². The number of furan rings is 3. The first-order valence-corrected chi connectivity index (χ1v) is 20.9. The first kappa shape index (κ1) is 33.3. The van der Waals surface area contributed by atoms with Gasteiger partial charge in [-0.25, -0.2) is 4.98 Å². The maximum absolute atomic E-state index is 6.18. The van der Waals surface area contributed by atoms with E-state index in [1.807, 2.05) is 36.4 Å². The summed E-state index contributed by atoms with van der Waals surface area (Å²) in [6.45, 7) is 0. The summed E-state index contributed by atoms with van der Waals surface area (Å²) in [6.07, 6.45) is 0. The zero-order valence-corrected chi connectivity index (χ0v) is 32.8. The van der Waals surface area contributed by atoms with E-state index in [1.165, 1.54) is 0 Å². The van der Waals surface area contributed by atoms with Crippen molar-refractivity contribution in [2.45, 2.75) is 0 Å². The lowest BCUT2D eigenvalue weighted by Crippen LogP contribution is -1.86. The Morgan fingerprint density at radius 2 is 0.667 bits per heavy atom. The van der Waals surface area contributed by atoms with Crippen LogP contribution in [0.25, 0.3) is 131 Å². The van der Waals surface area contributed by atoms with Crippen LogP contribution in [0.3, 0.4) is 0 Å². The predicted molar refractivity (Wildman–Crippen MR) is 249 cm³/mol. The normalized spacial score (nSPS) is 12.0. The molecule has 0 N–H and O–H groups in total. The molecule has 0 bridgehead atoms. The molecule has 4 aromatic heterocycles. The molecule has 4 nitrogen and oxygen atoms in total. The Morgan fingerprint density at radius 1 is 0.300 bits per heavy atom. The van der Waals surface area contributed by atoms with Crippen molar-refractivity contribution in [1.82, 2.24) is 4.98 Å². The summed E-state index contributed by atoms with van der Waals surface area (Å²) in [7, 11) is 0. The lowest BCUT2D eigenvalue weighted by atomic mass is 9.95. The first-order chi connectivity index (χ1) is 29.7. The van der Waals surface area contributed by atoms with Crippen LogP contribution in [0.5, 0.6) is 0 Å². The Bertz CT molecular complexity index is 3630. The van der Waals surface area contributed by atoms with Crippen molar-refractivity contribution in [3.05, 3.63) is 188 Å². The molecule has 4 heterocycles. The lowest BCUT2D eigenvalue weighted by Gasteiger charge is -2.10. The lowest BCUT2D eigenvalue weighted by molar-refractivity contribution is 0.668. The van der Waals surface area contributed by atoms with Crippen molar-refractivity contribution in [2.24, 2.45) is 0 Å². The molecule has 0 saturated heterocycles. The van der Waals surface area contributed by atoms with E-state index >= 15 is 0 Å². The smallest absolute Gasteiger partial charge is 0.135 e. The summed E-state index contributed by atoms with van der Waals surface area (Å²) in [5.74, 6) is 0. The van der Waals surface area contributed by atoms with E-state index in [4.69, 9.17) is 18.2 Å². The van der Waals surface area contributed by atoms with E-state index in [2.05, 4.69) is 152 Å². The van der Waals surface area contributed by atoms with Crippen LogP contribution in [0.4, 0.5) is 0 Å². The molecular formula is C55H31NO3S. The SMILES string of the molecule is c1ccc2c(c1)oc1ccc(-c3ccc(-c4ccc(-c5ccc(-c6ccc7oc8ccccc8c7c6)cc5)c5sc(-c6ccc7oc8ccccc8c7c6)nc45)cc3)cc12. The highest BCUT2D eigenvalue weighted by Crippen LogP contribution is 2.44. The van der Waals surface area contributed by atoms with Crippen LogP contribution in [0.2, 0.25) is 0 Å². The molecule has 5 heteroatoms. The minimum atomic E-state index is 0.878. The summed E-state index contributed by atoms with van der Waals surface area (Å²) in [4.78, 5) is 5.44. The number of benzene rings is 9. The molecule has 0 amide bonds. The number of rotatable bonds is 5. The van der Waals surface area contributed by atoms with Crippen LogP contribution in [-0.4, -0.2) is 4.98 Å². The van der Waals surface area contributed by atoms with Crippen molar-refractivity contribution in [3.63, 3.8) is 0 Å². The third kappa shape index (κ3) is 5.19. The Balaban J connectivity index is 0.918. The van der Waals surface area contributed by atoms with Gasteiger partial charge in [-0.05, 0) is 94.0 Å². The Labute approximate surface area is 347 Å². The number of hydrogen-bond acceptors (Lipinski definition) is 5. The summed E-state index contributed by atoms with van der Waals surface area (Å²) in [5.41, 5.74) is 16.6. The number of para-hydroxylation sites is 3. The highest BCUT2D eigenvalue weighted by atomic mass is 32.1. The molecule has 0 aliphatic rings. The van der Waals surface area contributed by atoms with Crippen LogP contribution >= 0.6 is 11.3 Å². The molecule has 60 heavy (non-hydrogen) atoms. The largest absolute Gasteiger partial charge is 0.456 e. The highest BCUT2D eigenvalue weighted by molar-refractivity contribution is 7.22. The number of fused-ring (bicyclic) bond motifs is 10. The van der Waals surface area contributed by atoms with E-state index in [0.29, 0.717) is 0 Å². The maximum atomic E-state index is 6.18. The molecule has 0 radical (unpaired) electrons. The second-order valence-electron chi connectivity index (χ2n) is 15.4. The molecule has 0 spiro atoms. The van der Waals surface area contributed by atoms with Gasteiger partial charge in [0.2, 0.25) is 0 Å². The van der Waals surface area contributed by atoms with Crippen molar-refractivity contribution >= 4 is 87.4 Å². The van der Waals surface area contributed by atoms with Crippen LogP contribution < -0.4 is 0 Å². The van der Waals surface area contributed by atoms with Gasteiger partial charge in [-0.3, -0.25) is 0 Å². The topological polar surface area (TPSA) is 52.3 Å². The quantitative estimate of drug-likeness (QED) is 0.174. The number of hydrogen-bond donors (Lipinski definition) is 0. The van der Waals surface area contributed by atoms with Gasteiger partial charge in [0.15, 0.2) is 0 Å². The van der Waals surface area contributed by atoms with Gasteiger partial charge in [-0.1, -0.05) is 127 Å². The highest BCUT2D eigenvalue weighted by Gasteiger charge is 2.18. The molecule has 13 rings (SSSR count). The predicted octanol–water partition coefficient (Wildman–Crippen LogP) is 16.3. The standard InChI is InChI=1S/C55H31NO3S/c1-4-10-47-41(7-1)44-29-36(21-26-50(44)57-47)32-13-17-34(18-14-32)39-24-25-40(35-19-15-33(16-20-35)37-22-27-51-45(30-37)42-8-2-5-11-48(42)58-51)54-53(39)56-55(60-54)38-23-28-52-46(31-38)43-9-3-6-12-49(43)59-52/h1-31H. The average Bonchev–Trinajstić information content (AvgIpc) is 4.10. The fraction of sp³-hybridized carbons (Fsp3) is 0. The van der Waals surface area contributed by atoms with E-state index in [9.17, 15) is 0 Å². The average molecular weight is 786 g/mol. The zero-order valence-electron chi connectivity index (χ0n) is 32.0. The van der Waals surface area contributed by atoms with Gasteiger partial charge in [-0.15, -0.1) is 11.3 Å². The van der Waals surface area contributed by atoms with Gasteiger partial charge in [0.05, 0.1) is 10.2 Å². The van der Waals surface area contributed by atoms with Gasteiger partial charge >= 0.3 is 0 Å². The third-order valence-electron chi connectivity index (χ3n) is 12.0. The molecule has 0 unspecified atom stereocenters. The van der Waals surface area contributed by atoms with E-state index in [1.54, 1.807) is 11.3 Å². The molecule has 0 aliphatic heterocycles. The van der Waals surface area contributed by atoms with Crippen molar-refractivity contribution in [1.29, 1.82) is 0 Å². The molecule has 0 atom stereocenters. The maximum Gasteiger partial charge on any atom is 0.135 e. The molecule has 0 aliphatic carbocycles. The van der Waals surface area contributed by atoms with Gasteiger partial charge in [0.25, 0.3) is 0 Å². The van der Waals surface area contributed by atoms with E-state index in [0.717, 1.165) is 131 Å². The van der Waals surface area contributed by atoms with Crippen LogP contribution in [-0.2, 0) is 0 Å². The Hall–Kier alpha value is -7.73. The second kappa shape index (κ2) is 12.9. The van der Waals surface area contributed by atoms with Gasteiger partial charge < -0.3 is 13.3 Å². The molecule has 280 valence electrons. The fourth-order valence-corrected chi connectivity index (χ4v) is 10.1. The minimum absolute atomic E-state index is 0.878. The number of aromatic nitrogens is 1. The van der Waals surface area contributed by atoms with Crippen LogP contribution in [0.15, 0.2) is 201 Å². The van der Waals surface area contributed by atoms with Gasteiger partial charge in [0, 0.05) is 49.0 Å². The van der Waals surface area contributed by atoms with Gasteiger partial charge in [-0.2, -0.15) is 0 Å². The summed E-state index contributed by atoms with van der Waals surface area (Å²) >= 11 is 1.74. The summed E-state index contributed by atoms with van der Waals surface area (Å²) in [6, 6.07) is 66.3. The van der Waals surface area contributed by atoms with Crippen LogP contribution in [0, 0.1) is 0 Å². The van der Waals surface area contributed by atoms with Crippen LogP contribution in [0.1, 0.15) is 0 Å². The third-order valence-corrected chi connectivity index (χ3v) is 13.1. The number of thiazole rings is 1. The fourth-order valence-electron chi connectivity index (χ4n) is 8.95. The van der Waals surface area contributed by atoms with Crippen molar-refractivity contribution < 1.29 is 13.3 Å². The number of nitrogens with zero attached hydrogens (tertiary/aromatic N) is 1. The molecule has 9 aromatic carbocycles. The molecular weight excluding hydrogens is 755 g/mol. The van der Waals surface area contributed by atoms with Crippen molar-refractivity contribution in [3.8, 4) is 55.1 Å². The zero-order chi connectivity index (χ0) is 39.3.